The van der Waals surface area contributed by atoms with Crippen LogP contribution < -0.4 is 16.8 Å². The highest BCUT2D eigenvalue weighted by Crippen LogP contribution is 2.55. The van der Waals surface area contributed by atoms with Crippen molar-refractivity contribution in [2.24, 2.45) is 17.4 Å². The standard InChI is InChI=1S/C16H20N4O6/c1-24-4-6-10(17)13(22)9-7(5-26-15(18)23)16(25-2)14-8(19-14)3-20(16)11(9)12(6)21/h7-8,14,19H,3-5,17H2,1-2H3,(H2,18,23)/t7-,8?,14?,16-/m1/s1. The molecule has 2 unspecified atom stereocenters. The van der Waals surface area contributed by atoms with Crippen molar-refractivity contribution in [2.75, 3.05) is 34.0 Å². The van der Waals surface area contributed by atoms with Gasteiger partial charge in [0.15, 0.2) is 5.72 Å². The molecule has 0 bridgehead atoms. The number of primary amides is 1. The van der Waals surface area contributed by atoms with E-state index in [-0.39, 0.29) is 53.6 Å². The van der Waals surface area contributed by atoms with Crippen molar-refractivity contribution in [3.8, 4) is 0 Å². The average Bonchev–Trinajstić information content (AvgIpc) is 3.21. The van der Waals surface area contributed by atoms with Crippen molar-refractivity contribution in [3.05, 3.63) is 22.5 Å². The van der Waals surface area contributed by atoms with Crippen LogP contribution in [0.3, 0.4) is 0 Å². The molecule has 0 aromatic rings. The van der Waals surface area contributed by atoms with Gasteiger partial charge in [0.2, 0.25) is 11.6 Å². The van der Waals surface area contributed by atoms with Crippen molar-refractivity contribution in [2.45, 2.75) is 17.8 Å². The van der Waals surface area contributed by atoms with Crippen LogP contribution in [0.1, 0.15) is 0 Å². The lowest BCUT2D eigenvalue weighted by Crippen LogP contribution is -2.55. The van der Waals surface area contributed by atoms with Gasteiger partial charge in [0.05, 0.1) is 35.5 Å². The molecule has 26 heavy (non-hydrogen) atoms. The zero-order valence-electron chi connectivity index (χ0n) is 14.4. The van der Waals surface area contributed by atoms with Crippen LogP contribution in [0.25, 0.3) is 0 Å². The van der Waals surface area contributed by atoms with Gasteiger partial charge < -0.3 is 35.9 Å². The fourth-order valence-corrected chi connectivity index (χ4v) is 4.53. The predicted octanol–water partition coefficient (Wildman–Crippen LogP) is -2.02. The number of hydrogen-bond acceptors (Lipinski definition) is 9. The smallest absolute Gasteiger partial charge is 0.404 e. The van der Waals surface area contributed by atoms with Gasteiger partial charge in [-0.05, 0) is 0 Å². The number of carbonyl (C=O) groups is 3. The number of nitrogens with two attached hydrogens (primary N) is 2. The molecule has 3 aliphatic heterocycles. The number of piperazine rings is 1. The molecule has 1 amide bonds. The van der Waals surface area contributed by atoms with Gasteiger partial charge >= 0.3 is 6.09 Å². The van der Waals surface area contributed by atoms with Crippen LogP contribution in [0.2, 0.25) is 0 Å². The van der Waals surface area contributed by atoms with Crippen molar-refractivity contribution in [1.29, 1.82) is 0 Å². The second-order valence-corrected chi connectivity index (χ2v) is 6.75. The van der Waals surface area contributed by atoms with Crippen LogP contribution in [0.5, 0.6) is 0 Å². The molecular weight excluding hydrogens is 344 g/mol. The maximum atomic E-state index is 13.1. The molecule has 0 aromatic carbocycles. The summed E-state index contributed by atoms with van der Waals surface area (Å²) in [6, 6.07) is 0.0457. The fraction of sp³-hybridized carbons (Fsp3) is 0.562. The minimum atomic E-state index is -1.00. The molecule has 0 radical (unpaired) electrons. The fourth-order valence-electron chi connectivity index (χ4n) is 4.53. The lowest BCUT2D eigenvalue weighted by molar-refractivity contribution is -0.137. The zero-order valence-corrected chi connectivity index (χ0v) is 14.4. The third-order valence-corrected chi connectivity index (χ3v) is 5.62. The van der Waals surface area contributed by atoms with Crippen LogP contribution in [0, 0.1) is 5.92 Å². The Hall–Kier alpha value is -2.43. The molecule has 0 saturated carbocycles. The summed E-state index contributed by atoms with van der Waals surface area (Å²) in [6.45, 7) is 0.257. The number of fused-ring (bicyclic) bond motifs is 4. The lowest BCUT2D eigenvalue weighted by atomic mass is 9.82. The summed E-state index contributed by atoms with van der Waals surface area (Å²) in [6.07, 6.45) is -0.965. The van der Waals surface area contributed by atoms with Gasteiger partial charge in [0.25, 0.3) is 0 Å². The van der Waals surface area contributed by atoms with E-state index in [1.165, 1.54) is 14.2 Å². The Balaban J connectivity index is 1.82. The number of ketones is 2. The van der Waals surface area contributed by atoms with Crippen LogP contribution in [-0.2, 0) is 23.8 Å². The first-order chi connectivity index (χ1) is 12.4. The normalized spacial score (nSPS) is 34.8. The Morgan fingerprint density at radius 3 is 2.69 bits per heavy atom. The topological polar surface area (TPSA) is 156 Å². The number of allylic oxidation sites excluding steroid dienone is 2. The van der Waals surface area contributed by atoms with E-state index in [1.807, 2.05) is 0 Å². The molecule has 2 saturated heterocycles. The highest BCUT2D eigenvalue weighted by molar-refractivity contribution is 6.25. The van der Waals surface area contributed by atoms with Gasteiger partial charge in [-0.25, -0.2) is 4.79 Å². The second-order valence-electron chi connectivity index (χ2n) is 6.75. The molecule has 0 aromatic heterocycles. The van der Waals surface area contributed by atoms with Gasteiger partial charge in [0, 0.05) is 32.4 Å². The quantitative estimate of drug-likeness (QED) is 0.370. The number of nitrogens with one attached hydrogen (secondary N) is 1. The van der Waals surface area contributed by atoms with Gasteiger partial charge in [0.1, 0.15) is 6.61 Å². The van der Waals surface area contributed by atoms with Gasteiger partial charge in [-0.3, -0.25) is 9.59 Å². The van der Waals surface area contributed by atoms with Crippen LogP contribution in [-0.4, -0.2) is 74.3 Å². The molecule has 10 heteroatoms. The Morgan fingerprint density at radius 2 is 2.08 bits per heavy atom. The summed E-state index contributed by atoms with van der Waals surface area (Å²) in [5.41, 5.74) is 10.5. The number of rotatable bonds is 5. The maximum absolute atomic E-state index is 13.1. The van der Waals surface area contributed by atoms with Crippen molar-refractivity contribution < 1.29 is 28.6 Å². The monoisotopic (exact) mass is 364 g/mol. The van der Waals surface area contributed by atoms with Gasteiger partial charge in [-0.15, -0.1) is 0 Å². The van der Waals surface area contributed by atoms with Crippen molar-refractivity contribution >= 4 is 17.7 Å². The SMILES string of the molecule is COCC1=C(N)C(=O)C2=C(C1=O)N1CC3NC3[C@]1(OC)[C@@H]2COC(N)=O. The number of amides is 1. The number of ether oxygens (including phenoxy) is 3. The first-order valence-corrected chi connectivity index (χ1v) is 8.20. The summed E-state index contributed by atoms with van der Waals surface area (Å²) in [5, 5.41) is 3.28. The van der Waals surface area contributed by atoms with E-state index in [1.54, 1.807) is 4.90 Å². The Labute approximate surface area is 149 Å². The largest absolute Gasteiger partial charge is 0.449 e. The third kappa shape index (κ3) is 1.94. The summed E-state index contributed by atoms with van der Waals surface area (Å²) >= 11 is 0. The molecular formula is C16H20N4O6. The summed E-state index contributed by atoms with van der Waals surface area (Å²) in [4.78, 5) is 39.0. The summed E-state index contributed by atoms with van der Waals surface area (Å²) in [5.74, 6) is -1.50. The number of nitrogens with zero attached hydrogens (tertiary/aromatic N) is 1. The average molecular weight is 364 g/mol. The minimum absolute atomic E-state index is 0.0609. The Morgan fingerprint density at radius 1 is 1.35 bits per heavy atom. The highest BCUT2D eigenvalue weighted by Gasteiger charge is 2.72. The third-order valence-electron chi connectivity index (χ3n) is 5.62. The van der Waals surface area contributed by atoms with Crippen molar-refractivity contribution in [3.63, 3.8) is 0 Å². The Bertz CT molecular complexity index is 790. The molecule has 1 aliphatic carbocycles. The number of hydrogen-bond donors (Lipinski definition) is 3. The molecule has 140 valence electrons. The highest BCUT2D eigenvalue weighted by atomic mass is 16.6. The summed E-state index contributed by atoms with van der Waals surface area (Å²) < 4.78 is 15.9. The van der Waals surface area contributed by atoms with Gasteiger partial charge in [-0.1, -0.05) is 0 Å². The molecule has 3 heterocycles. The van der Waals surface area contributed by atoms with Crippen molar-refractivity contribution in [1.82, 2.24) is 10.2 Å². The number of methoxy groups -OCH3 is 2. The molecule has 10 nitrogen and oxygen atoms in total. The molecule has 4 aliphatic rings. The van der Waals surface area contributed by atoms with E-state index in [9.17, 15) is 14.4 Å². The molecule has 4 rings (SSSR count). The predicted molar refractivity (Wildman–Crippen MR) is 86.3 cm³/mol. The number of carbonyl (C=O) groups excluding carboxylic acids is 3. The molecule has 0 spiro atoms. The first kappa shape index (κ1) is 17.0. The minimum Gasteiger partial charge on any atom is -0.449 e. The molecule has 4 atom stereocenters. The Kier molecular flexibility index (Phi) is 3.62. The van der Waals surface area contributed by atoms with E-state index >= 15 is 0 Å². The van der Waals surface area contributed by atoms with Gasteiger partial charge in [-0.2, -0.15) is 0 Å². The van der Waals surface area contributed by atoms with Crippen LogP contribution in [0.15, 0.2) is 22.5 Å². The molecule has 5 N–H and O–H groups in total. The zero-order chi connectivity index (χ0) is 18.8. The first-order valence-electron chi connectivity index (χ1n) is 8.20. The second kappa shape index (κ2) is 5.53. The van der Waals surface area contributed by atoms with E-state index < -0.39 is 23.5 Å². The van der Waals surface area contributed by atoms with E-state index in [0.717, 1.165) is 0 Å². The van der Waals surface area contributed by atoms with E-state index in [0.29, 0.717) is 6.54 Å². The van der Waals surface area contributed by atoms with E-state index in [2.05, 4.69) is 5.32 Å². The lowest BCUT2D eigenvalue weighted by Gasteiger charge is -2.39. The van der Waals surface area contributed by atoms with Crippen LogP contribution in [0.4, 0.5) is 4.79 Å². The van der Waals surface area contributed by atoms with E-state index in [4.69, 9.17) is 25.7 Å². The molecule has 2 fully saturated rings. The number of Topliss-reactive ketones (excluding diaryl/α,β-unsaturated/α-hetero) is 2. The summed E-state index contributed by atoms with van der Waals surface area (Å²) in [7, 11) is 2.93. The maximum Gasteiger partial charge on any atom is 0.404 e. The van der Waals surface area contributed by atoms with Crippen LogP contribution >= 0.6 is 0 Å².